The van der Waals surface area contributed by atoms with Crippen LogP contribution in [0.25, 0.3) is 0 Å². The van der Waals surface area contributed by atoms with Gasteiger partial charge in [-0.25, -0.2) is 4.79 Å². The van der Waals surface area contributed by atoms with E-state index in [1.807, 2.05) is 6.92 Å². The molecular formula is C24H43NO7. The molecule has 0 saturated carbocycles. The molecule has 0 aromatic rings. The number of amides is 1. The summed E-state index contributed by atoms with van der Waals surface area (Å²) in [4.78, 5) is 45.7. The summed E-state index contributed by atoms with van der Waals surface area (Å²) in [7, 11) is 0. The molecule has 1 atom stereocenters. The van der Waals surface area contributed by atoms with Gasteiger partial charge in [0.2, 0.25) is 5.91 Å². The van der Waals surface area contributed by atoms with Crippen molar-refractivity contribution in [3.63, 3.8) is 0 Å². The van der Waals surface area contributed by atoms with Crippen molar-refractivity contribution in [2.24, 2.45) is 0 Å². The number of ether oxygens (including phenoxy) is 1. The van der Waals surface area contributed by atoms with E-state index >= 15 is 0 Å². The van der Waals surface area contributed by atoms with E-state index in [1.54, 1.807) is 0 Å². The van der Waals surface area contributed by atoms with Gasteiger partial charge in [-0.15, -0.1) is 0 Å². The van der Waals surface area contributed by atoms with Gasteiger partial charge in [0, 0.05) is 38.9 Å². The van der Waals surface area contributed by atoms with Crippen LogP contribution >= 0.6 is 0 Å². The van der Waals surface area contributed by atoms with Crippen molar-refractivity contribution in [3.8, 4) is 0 Å². The second-order valence-electron chi connectivity index (χ2n) is 8.27. The first-order valence-electron chi connectivity index (χ1n) is 12.2. The molecule has 1 amide bonds. The molecule has 0 saturated heterocycles. The van der Waals surface area contributed by atoms with Crippen molar-refractivity contribution < 1.29 is 34.1 Å². The Labute approximate surface area is 192 Å². The molecule has 0 spiro atoms. The first-order chi connectivity index (χ1) is 15.4. The zero-order valence-electron chi connectivity index (χ0n) is 19.7. The fourth-order valence-corrected chi connectivity index (χ4v) is 3.45. The number of Topliss-reactive ketones (excluding diaryl/α,β-unsaturated/α-hetero) is 1. The zero-order chi connectivity index (χ0) is 24.0. The van der Waals surface area contributed by atoms with Gasteiger partial charge in [0.1, 0.15) is 11.8 Å². The van der Waals surface area contributed by atoms with E-state index in [0.717, 1.165) is 64.2 Å². The Balaban J connectivity index is 3.72. The summed E-state index contributed by atoms with van der Waals surface area (Å²) in [5.74, 6) is -2.12. The molecule has 0 heterocycles. The Kier molecular flexibility index (Phi) is 19.6. The van der Waals surface area contributed by atoms with Crippen molar-refractivity contribution >= 4 is 23.6 Å². The summed E-state index contributed by atoms with van der Waals surface area (Å²) in [6.07, 6.45) is 11.9. The van der Waals surface area contributed by atoms with Gasteiger partial charge < -0.3 is 20.3 Å². The third-order valence-corrected chi connectivity index (χ3v) is 5.34. The molecule has 0 rings (SSSR count). The number of aliphatic carboxylic acids is 2. The fourth-order valence-electron chi connectivity index (χ4n) is 3.45. The monoisotopic (exact) mass is 457 g/mol. The predicted octanol–water partition coefficient (Wildman–Crippen LogP) is 4.49. The summed E-state index contributed by atoms with van der Waals surface area (Å²) in [6, 6.07) is -1.02. The maximum absolute atomic E-state index is 12.0. The van der Waals surface area contributed by atoms with Crippen molar-refractivity contribution in [2.75, 3.05) is 13.2 Å². The standard InChI is InChI=1S/C24H43NO7/c1-2-32-19-13-14-20(26)17-18-21(24(30)31)25-22(27)15-11-9-7-5-3-4-6-8-10-12-16-23(28)29/h21H,2-19H2,1H3,(H,25,27)(H,28,29)(H,30,31)/t21-/m0/s1. The number of carbonyl (C=O) groups is 4. The van der Waals surface area contributed by atoms with Crippen LogP contribution in [0.3, 0.4) is 0 Å². The Morgan fingerprint density at radius 3 is 1.75 bits per heavy atom. The van der Waals surface area contributed by atoms with Crippen LogP contribution < -0.4 is 5.32 Å². The molecule has 0 aromatic heterocycles. The number of nitrogens with one attached hydrogen (secondary N) is 1. The summed E-state index contributed by atoms with van der Waals surface area (Å²) in [6.45, 7) is 3.02. The van der Waals surface area contributed by atoms with Crippen LogP contribution in [0.4, 0.5) is 0 Å². The number of rotatable bonds is 23. The van der Waals surface area contributed by atoms with Gasteiger partial charge >= 0.3 is 11.9 Å². The molecule has 3 N–H and O–H groups in total. The molecule has 0 aromatic carbocycles. The van der Waals surface area contributed by atoms with Crippen LogP contribution in [0.5, 0.6) is 0 Å². The highest BCUT2D eigenvalue weighted by Crippen LogP contribution is 2.12. The second kappa shape index (κ2) is 20.9. The average molecular weight is 458 g/mol. The van der Waals surface area contributed by atoms with Gasteiger partial charge in [-0.05, 0) is 32.6 Å². The molecule has 8 nitrogen and oxygen atoms in total. The molecule has 0 aliphatic carbocycles. The Morgan fingerprint density at radius 2 is 1.25 bits per heavy atom. The quantitative estimate of drug-likeness (QED) is 0.193. The molecule has 0 unspecified atom stereocenters. The highest BCUT2D eigenvalue weighted by Gasteiger charge is 2.20. The van der Waals surface area contributed by atoms with E-state index in [4.69, 9.17) is 9.84 Å². The number of carboxylic acids is 2. The molecule has 0 fully saturated rings. The highest BCUT2D eigenvalue weighted by molar-refractivity contribution is 5.84. The molecular weight excluding hydrogens is 414 g/mol. The summed E-state index contributed by atoms with van der Waals surface area (Å²) in [5, 5.41) is 20.4. The topological polar surface area (TPSA) is 130 Å². The molecule has 0 bridgehead atoms. The van der Waals surface area contributed by atoms with Crippen molar-refractivity contribution in [1.82, 2.24) is 5.32 Å². The van der Waals surface area contributed by atoms with Gasteiger partial charge in [0.05, 0.1) is 0 Å². The van der Waals surface area contributed by atoms with Crippen LogP contribution in [0.15, 0.2) is 0 Å². The van der Waals surface area contributed by atoms with E-state index in [2.05, 4.69) is 5.32 Å². The zero-order valence-corrected chi connectivity index (χ0v) is 19.7. The number of hydrogen-bond donors (Lipinski definition) is 3. The van der Waals surface area contributed by atoms with Gasteiger partial charge in [0.15, 0.2) is 0 Å². The number of carbonyl (C=O) groups excluding carboxylic acids is 2. The van der Waals surface area contributed by atoms with Gasteiger partial charge in [-0.3, -0.25) is 14.4 Å². The Bertz CT molecular complexity index is 536. The molecule has 32 heavy (non-hydrogen) atoms. The minimum Gasteiger partial charge on any atom is -0.481 e. The number of ketones is 1. The molecule has 0 aliphatic rings. The van der Waals surface area contributed by atoms with Crippen molar-refractivity contribution in [3.05, 3.63) is 0 Å². The Morgan fingerprint density at radius 1 is 0.719 bits per heavy atom. The number of hydrogen-bond acceptors (Lipinski definition) is 5. The number of carboxylic acid groups (broad SMARTS) is 2. The molecule has 8 heteroatoms. The largest absolute Gasteiger partial charge is 0.481 e. The van der Waals surface area contributed by atoms with Crippen LogP contribution in [-0.4, -0.2) is 53.1 Å². The lowest BCUT2D eigenvalue weighted by Gasteiger charge is -2.14. The first kappa shape index (κ1) is 30.0. The minimum absolute atomic E-state index is 0.00883. The van der Waals surface area contributed by atoms with Crippen LogP contribution in [0.2, 0.25) is 0 Å². The summed E-state index contributed by atoms with van der Waals surface area (Å²) >= 11 is 0. The van der Waals surface area contributed by atoms with Gasteiger partial charge in [-0.1, -0.05) is 51.4 Å². The van der Waals surface area contributed by atoms with Crippen molar-refractivity contribution in [2.45, 2.75) is 116 Å². The van der Waals surface area contributed by atoms with Gasteiger partial charge in [-0.2, -0.15) is 0 Å². The molecule has 186 valence electrons. The van der Waals surface area contributed by atoms with E-state index in [-0.39, 0.29) is 31.0 Å². The second-order valence-corrected chi connectivity index (χ2v) is 8.27. The molecule has 0 aliphatic heterocycles. The third kappa shape index (κ3) is 20.0. The van der Waals surface area contributed by atoms with E-state index < -0.39 is 18.0 Å². The normalized spacial score (nSPS) is 11.8. The lowest BCUT2D eigenvalue weighted by atomic mass is 10.0. The lowest BCUT2D eigenvalue weighted by Crippen LogP contribution is -2.41. The summed E-state index contributed by atoms with van der Waals surface area (Å²) in [5.41, 5.74) is 0. The minimum atomic E-state index is -1.11. The smallest absolute Gasteiger partial charge is 0.326 e. The van der Waals surface area contributed by atoms with Crippen LogP contribution in [-0.2, 0) is 23.9 Å². The van der Waals surface area contributed by atoms with E-state index in [0.29, 0.717) is 32.5 Å². The molecule has 0 radical (unpaired) electrons. The summed E-state index contributed by atoms with van der Waals surface area (Å²) < 4.78 is 5.18. The van der Waals surface area contributed by atoms with E-state index in [9.17, 15) is 24.3 Å². The third-order valence-electron chi connectivity index (χ3n) is 5.34. The predicted molar refractivity (Wildman–Crippen MR) is 123 cm³/mol. The number of unbranched alkanes of at least 4 members (excludes halogenated alkanes) is 9. The fraction of sp³-hybridized carbons (Fsp3) is 0.833. The van der Waals surface area contributed by atoms with Crippen molar-refractivity contribution in [1.29, 1.82) is 0 Å². The SMILES string of the molecule is CCOCCCC(=O)CC[C@H](NC(=O)CCCCCCCCCCCCC(=O)O)C(=O)O. The average Bonchev–Trinajstić information content (AvgIpc) is 2.74. The highest BCUT2D eigenvalue weighted by atomic mass is 16.5. The van der Waals surface area contributed by atoms with Crippen LogP contribution in [0, 0.1) is 0 Å². The van der Waals surface area contributed by atoms with Gasteiger partial charge in [0.25, 0.3) is 0 Å². The van der Waals surface area contributed by atoms with Crippen LogP contribution in [0.1, 0.15) is 110 Å². The maximum Gasteiger partial charge on any atom is 0.326 e. The Hall–Kier alpha value is -1.96. The lowest BCUT2D eigenvalue weighted by molar-refractivity contribution is -0.142. The van der Waals surface area contributed by atoms with E-state index in [1.165, 1.54) is 0 Å². The maximum atomic E-state index is 12.0. The first-order valence-corrected chi connectivity index (χ1v) is 12.2.